The van der Waals surface area contributed by atoms with Gasteiger partial charge in [0.2, 0.25) is 21.9 Å². The molecule has 0 aliphatic heterocycles. The molecular formula is C20H20F3N7O3S. The van der Waals surface area contributed by atoms with E-state index < -0.39 is 33.5 Å². The molecule has 0 fully saturated rings. The SMILES string of the molecule is CN(c1ncccc1CNc1nc(Nc2cccc(C(N)=O)c2)ncc1C(F)(F)F)S(C)(=O)=O. The van der Waals surface area contributed by atoms with E-state index in [1.807, 2.05) is 0 Å². The van der Waals surface area contributed by atoms with Crippen LogP contribution in [0.5, 0.6) is 0 Å². The summed E-state index contributed by atoms with van der Waals surface area (Å²) in [5.74, 6) is -1.32. The van der Waals surface area contributed by atoms with Gasteiger partial charge in [-0.15, -0.1) is 0 Å². The number of sulfonamides is 1. The maximum absolute atomic E-state index is 13.5. The average Bonchev–Trinajstić information content (AvgIpc) is 2.76. The predicted molar refractivity (Wildman–Crippen MR) is 120 cm³/mol. The Bertz CT molecular complexity index is 1320. The molecule has 1 amide bonds. The molecule has 3 aromatic rings. The van der Waals surface area contributed by atoms with Gasteiger partial charge in [-0.1, -0.05) is 12.1 Å². The van der Waals surface area contributed by atoms with Gasteiger partial charge in [0.25, 0.3) is 0 Å². The number of primary amides is 1. The molecule has 0 aliphatic rings. The van der Waals surface area contributed by atoms with E-state index in [9.17, 15) is 26.4 Å². The van der Waals surface area contributed by atoms with Crippen LogP contribution in [-0.4, -0.2) is 42.6 Å². The summed E-state index contributed by atoms with van der Waals surface area (Å²) in [6.45, 7) is -0.209. The van der Waals surface area contributed by atoms with Crippen molar-refractivity contribution in [3.63, 3.8) is 0 Å². The highest BCUT2D eigenvalue weighted by Gasteiger charge is 2.35. The van der Waals surface area contributed by atoms with Crippen LogP contribution >= 0.6 is 0 Å². The van der Waals surface area contributed by atoms with E-state index in [2.05, 4.69) is 25.6 Å². The summed E-state index contributed by atoms with van der Waals surface area (Å²) in [4.78, 5) is 23.0. The fraction of sp³-hybridized carbons (Fsp3) is 0.200. The molecule has 3 rings (SSSR count). The number of rotatable bonds is 8. The van der Waals surface area contributed by atoms with Crippen molar-refractivity contribution in [3.05, 3.63) is 65.5 Å². The molecular weight excluding hydrogens is 475 g/mol. The molecule has 0 aliphatic carbocycles. The number of anilines is 4. The summed E-state index contributed by atoms with van der Waals surface area (Å²) in [6, 6.07) is 9.03. The number of aromatic nitrogens is 3. The number of benzene rings is 1. The number of amides is 1. The normalized spacial score (nSPS) is 11.7. The Morgan fingerprint density at radius 3 is 2.56 bits per heavy atom. The second-order valence-corrected chi connectivity index (χ2v) is 9.11. The second kappa shape index (κ2) is 9.51. The highest BCUT2D eigenvalue weighted by atomic mass is 32.2. The molecule has 0 atom stereocenters. The Kier molecular flexibility index (Phi) is 6.91. The van der Waals surface area contributed by atoms with Gasteiger partial charge in [-0.2, -0.15) is 18.2 Å². The molecule has 1 aromatic carbocycles. The minimum absolute atomic E-state index is 0.0572. The Labute approximate surface area is 193 Å². The first-order chi connectivity index (χ1) is 15.9. The van der Waals surface area contributed by atoms with Gasteiger partial charge in [-0.05, 0) is 24.3 Å². The first-order valence-electron chi connectivity index (χ1n) is 9.59. The van der Waals surface area contributed by atoms with Crippen molar-refractivity contribution in [2.45, 2.75) is 12.7 Å². The lowest BCUT2D eigenvalue weighted by molar-refractivity contribution is -0.137. The van der Waals surface area contributed by atoms with Crippen LogP contribution in [0, 0.1) is 0 Å². The van der Waals surface area contributed by atoms with E-state index in [0.29, 0.717) is 17.4 Å². The van der Waals surface area contributed by atoms with Gasteiger partial charge < -0.3 is 16.4 Å². The molecule has 4 N–H and O–H groups in total. The molecule has 0 spiro atoms. The fourth-order valence-electron chi connectivity index (χ4n) is 2.85. The molecule has 14 heteroatoms. The number of pyridine rings is 1. The number of nitrogens with one attached hydrogen (secondary N) is 2. The van der Waals surface area contributed by atoms with E-state index in [1.54, 1.807) is 6.07 Å². The number of halogens is 3. The van der Waals surface area contributed by atoms with Crippen LogP contribution in [0.3, 0.4) is 0 Å². The molecule has 2 aromatic heterocycles. The zero-order chi connectivity index (χ0) is 25.1. The quantitative estimate of drug-likeness (QED) is 0.433. The van der Waals surface area contributed by atoms with Crippen molar-refractivity contribution in [1.29, 1.82) is 0 Å². The Balaban J connectivity index is 1.92. The average molecular weight is 495 g/mol. The summed E-state index contributed by atoms with van der Waals surface area (Å²) in [7, 11) is -2.36. The van der Waals surface area contributed by atoms with E-state index in [-0.39, 0.29) is 23.9 Å². The molecule has 0 saturated carbocycles. The van der Waals surface area contributed by atoms with Gasteiger partial charge in [0.15, 0.2) is 0 Å². The number of carbonyl (C=O) groups excluding carboxylic acids is 1. The largest absolute Gasteiger partial charge is 0.421 e. The van der Waals surface area contributed by atoms with Crippen molar-refractivity contribution in [3.8, 4) is 0 Å². The van der Waals surface area contributed by atoms with E-state index >= 15 is 0 Å². The van der Waals surface area contributed by atoms with Crippen molar-refractivity contribution in [2.24, 2.45) is 5.73 Å². The summed E-state index contributed by atoms with van der Waals surface area (Å²) in [5, 5.41) is 5.32. The Morgan fingerprint density at radius 2 is 1.91 bits per heavy atom. The van der Waals surface area contributed by atoms with Gasteiger partial charge in [0.1, 0.15) is 17.2 Å². The van der Waals surface area contributed by atoms with E-state index in [0.717, 1.165) is 10.6 Å². The zero-order valence-corrected chi connectivity index (χ0v) is 18.8. The molecule has 2 heterocycles. The number of carbonyl (C=O) groups is 1. The standard InChI is InChI=1S/C20H20F3N7O3S/c1-30(34(2,32)33)18-13(6-4-8-25-18)10-26-17-15(20(21,22)23)11-27-19(29-17)28-14-7-3-5-12(9-14)16(24)31/h3-9,11H,10H2,1-2H3,(H2,24,31)(H2,26,27,28,29). The molecule has 0 bridgehead atoms. The number of nitrogens with two attached hydrogens (primary N) is 1. The van der Waals surface area contributed by atoms with Crippen molar-refractivity contribution >= 4 is 39.2 Å². The summed E-state index contributed by atoms with van der Waals surface area (Å²) in [6.07, 6.45) is -1.79. The lowest BCUT2D eigenvalue weighted by atomic mass is 10.2. The number of nitrogens with zero attached hydrogens (tertiary/aromatic N) is 4. The topological polar surface area (TPSA) is 143 Å². The molecule has 0 saturated heterocycles. The molecule has 0 unspecified atom stereocenters. The van der Waals surface area contributed by atoms with Gasteiger partial charge in [-0.25, -0.2) is 18.4 Å². The Hall–Kier alpha value is -3.94. The third-order valence-corrected chi connectivity index (χ3v) is 5.77. The number of hydrogen-bond donors (Lipinski definition) is 3. The lowest BCUT2D eigenvalue weighted by Crippen LogP contribution is -2.27. The summed E-state index contributed by atoms with van der Waals surface area (Å²) < 4.78 is 65.3. The lowest BCUT2D eigenvalue weighted by Gasteiger charge is -2.20. The van der Waals surface area contributed by atoms with E-state index in [4.69, 9.17) is 5.73 Å². The van der Waals surface area contributed by atoms with Crippen LogP contribution in [0.2, 0.25) is 0 Å². The predicted octanol–water partition coefficient (Wildman–Crippen LogP) is 2.74. The first-order valence-corrected chi connectivity index (χ1v) is 11.4. The van der Waals surface area contributed by atoms with Crippen LogP contribution < -0.4 is 20.7 Å². The molecule has 180 valence electrons. The third-order valence-electron chi connectivity index (χ3n) is 4.61. The third kappa shape index (κ3) is 5.89. The highest BCUT2D eigenvalue weighted by molar-refractivity contribution is 7.92. The smallest absolute Gasteiger partial charge is 0.366 e. The Morgan fingerprint density at radius 1 is 1.18 bits per heavy atom. The minimum atomic E-state index is -4.76. The van der Waals surface area contributed by atoms with Crippen LogP contribution in [0.1, 0.15) is 21.5 Å². The van der Waals surface area contributed by atoms with E-state index in [1.165, 1.54) is 43.6 Å². The highest BCUT2D eigenvalue weighted by Crippen LogP contribution is 2.34. The maximum atomic E-state index is 13.5. The summed E-state index contributed by atoms with van der Waals surface area (Å²) in [5.41, 5.74) is 4.98. The van der Waals surface area contributed by atoms with Crippen LogP contribution in [0.25, 0.3) is 0 Å². The fourth-order valence-corrected chi connectivity index (χ4v) is 3.33. The zero-order valence-electron chi connectivity index (χ0n) is 18.0. The van der Waals surface area contributed by atoms with Gasteiger partial charge in [0.05, 0.1) is 6.26 Å². The van der Waals surface area contributed by atoms with Crippen LogP contribution in [0.15, 0.2) is 48.8 Å². The molecule has 0 radical (unpaired) electrons. The van der Waals surface area contributed by atoms with Crippen molar-refractivity contribution in [2.75, 3.05) is 28.2 Å². The monoisotopic (exact) mass is 495 g/mol. The minimum Gasteiger partial charge on any atom is -0.366 e. The number of alkyl halides is 3. The van der Waals surface area contributed by atoms with Crippen LogP contribution in [-0.2, 0) is 22.7 Å². The number of hydrogen-bond acceptors (Lipinski definition) is 8. The van der Waals surface area contributed by atoms with Gasteiger partial charge >= 0.3 is 6.18 Å². The van der Waals surface area contributed by atoms with Gasteiger partial charge in [-0.3, -0.25) is 9.10 Å². The maximum Gasteiger partial charge on any atom is 0.421 e. The van der Waals surface area contributed by atoms with Crippen LogP contribution in [0.4, 0.5) is 36.4 Å². The summed E-state index contributed by atoms with van der Waals surface area (Å²) >= 11 is 0. The molecule has 10 nitrogen and oxygen atoms in total. The van der Waals surface area contributed by atoms with Gasteiger partial charge in [0, 0.05) is 42.8 Å². The second-order valence-electron chi connectivity index (χ2n) is 7.09. The first kappa shape index (κ1) is 24.7. The van der Waals surface area contributed by atoms with Crippen molar-refractivity contribution < 1.29 is 26.4 Å². The van der Waals surface area contributed by atoms with Crippen molar-refractivity contribution in [1.82, 2.24) is 15.0 Å². The molecule has 34 heavy (non-hydrogen) atoms.